The van der Waals surface area contributed by atoms with E-state index in [2.05, 4.69) is 41.3 Å². The molecule has 0 aliphatic carbocycles. The molecule has 0 amide bonds. The van der Waals surface area contributed by atoms with Gasteiger partial charge in [0.1, 0.15) is 0 Å². The Morgan fingerprint density at radius 3 is 2.65 bits per heavy atom. The van der Waals surface area contributed by atoms with E-state index in [4.69, 9.17) is 0 Å². The number of pyridine rings is 1. The molecule has 0 spiro atoms. The maximum absolute atomic E-state index is 4.48. The van der Waals surface area contributed by atoms with Crippen LogP contribution < -0.4 is 0 Å². The van der Waals surface area contributed by atoms with E-state index >= 15 is 0 Å². The zero-order valence-corrected chi connectivity index (χ0v) is 9.67. The molecule has 3 nitrogen and oxygen atoms in total. The number of rotatable bonds is 2. The number of hydrogen-bond donors (Lipinski definition) is 0. The minimum Gasteiger partial charge on any atom is -0.221 e. The van der Waals surface area contributed by atoms with E-state index in [0.29, 0.717) is 0 Å². The summed E-state index contributed by atoms with van der Waals surface area (Å²) in [6.45, 7) is 2.09. The fourth-order valence-electron chi connectivity index (χ4n) is 1.84. The largest absolute Gasteiger partial charge is 0.221 e. The van der Waals surface area contributed by atoms with Gasteiger partial charge in [-0.1, -0.05) is 35.9 Å². The topological polar surface area (TPSA) is 30.2 Å². The van der Waals surface area contributed by atoms with Gasteiger partial charge in [0.2, 0.25) is 0 Å². The summed E-state index contributed by atoms with van der Waals surface area (Å²) in [5.74, 6) is 0.861. The fraction of sp³-hybridized carbons (Fsp3) is 0.143. The van der Waals surface area contributed by atoms with Crippen molar-refractivity contribution in [2.45, 2.75) is 13.3 Å². The predicted octanol–water partition coefficient (Wildman–Crippen LogP) is 2.63. The molecule has 84 valence electrons. The Bertz CT molecular complexity index is 605. The molecule has 0 fully saturated rings. The van der Waals surface area contributed by atoms with E-state index in [0.717, 1.165) is 17.9 Å². The van der Waals surface area contributed by atoms with Gasteiger partial charge in [0, 0.05) is 12.6 Å². The SMILES string of the molecule is Cc1ccc(Cc2nc3ccccn3n2)cc1. The molecule has 0 bridgehead atoms. The molecule has 17 heavy (non-hydrogen) atoms. The summed E-state index contributed by atoms with van der Waals surface area (Å²) in [7, 11) is 0. The van der Waals surface area contributed by atoms with Crippen molar-refractivity contribution in [1.29, 1.82) is 0 Å². The maximum Gasteiger partial charge on any atom is 0.156 e. The van der Waals surface area contributed by atoms with Gasteiger partial charge in [-0.3, -0.25) is 0 Å². The van der Waals surface area contributed by atoms with E-state index < -0.39 is 0 Å². The lowest BCUT2D eigenvalue weighted by Crippen LogP contribution is -1.91. The summed E-state index contributed by atoms with van der Waals surface area (Å²) in [6, 6.07) is 14.4. The summed E-state index contributed by atoms with van der Waals surface area (Å²) < 4.78 is 1.81. The highest BCUT2D eigenvalue weighted by Crippen LogP contribution is 2.09. The lowest BCUT2D eigenvalue weighted by Gasteiger charge is -1.97. The van der Waals surface area contributed by atoms with Crippen molar-refractivity contribution in [3.05, 3.63) is 65.6 Å². The molecule has 0 saturated carbocycles. The Kier molecular flexibility index (Phi) is 2.37. The van der Waals surface area contributed by atoms with Crippen LogP contribution in [-0.2, 0) is 6.42 Å². The molecule has 0 aliphatic rings. The monoisotopic (exact) mass is 223 g/mol. The van der Waals surface area contributed by atoms with Gasteiger partial charge < -0.3 is 0 Å². The van der Waals surface area contributed by atoms with Crippen LogP contribution in [0.2, 0.25) is 0 Å². The first-order valence-corrected chi connectivity index (χ1v) is 5.67. The first-order valence-electron chi connectivity index (χ1n) is 5.67. The molecule has 1 aromatic carbocycles. The first kappa shape index (κ1) is 10.0. The van der Waals surface area contributed by atoms with E-state index in [-0.39, 0.29) is 0 Å². The van der Waals surface area contributed by atoms with Gasteiger partial charge in [0.15, 0.2) is 11.5 Å². The second kappa shape index (κ2) is 4.01. The first-order chi connectivity index (χ1) is 8.31. The average Bonchev–Trinajstić information content (AvgIpc) is 2.74. The third kappa shape index (κ3) is 2.04. The van der Waals surface area contributed by atoms with Crippen molar-refractivity contribution in [3.63, 3.8) is 0 Å². The molecule has 3 aromatic rings. The van der Waals surface area contributed by atoms with Gasteiger partial charge in [0.05, 0.1) is 0 Å². The average molecular weight is 223 g/mol. The second-order valence-corrected chi connectivity index (χ2v) is 4.19. The zero-order chi connectivity index (χ0) is 11.7. The van der Waals surface area contributed by atoms with Crippen LogP contribution >= 0.6 is 0 Å². The molecule has 0 saturated heterocycles. The van der Waals surface area contributed by atoms with Crippen LogP contribution in [-0.4, -0.2) is 14.6 Å². The van der Waals surface area contributed by atoms with Crippen molar-refractivity contribution in [2.75, 3.05) is 0 Å². The Balaban J connectivity index is 1.92. The quantitative estimate of drug-likeness (QED) is 0.668. The highest BCUT2D eigenvalue weighted by molar-refractivity contribution is 5.37. The highest BCUT2D eigenvalue weighted by atomic mass is 15.3. The van der Waals surface area contributed by atoms with Gasteiger partial charge in [-0.15, -0.1) is 0 Å². The predicted molar refractivity (Wildman–Crippen MR) is 67.0 cm³/mol. The third-order valence-corrected chi connectivity index (χ3v) is 2.77. The van der Waals surface area contributed by atoms with Crippen molar-refractivity contribution >= 4 is 5.65 Å². The minimum absolute atomic E-state index is 0.780. The molecular weight excluding hydrogens is 210 g/mol. The summed E-state index contributed by atoms with van der Waals surface area (Å²) >= 11 is 0. The summed E-state index contributed by atoms with van der Waals surface area (Å²) in [6.07, 6.45) is 2.70. The summed E-state index contributed by atoms with van der Waals surface area (Å²) in [5.41, 5.74) is 3.41. The lowest BCUT2D eigenvalue weighted by molar-refractivity contribution is 0.900. The van der Waals surface area contributed by atoms with Crippen LogP contribution in [0.4, 0.5) is 0 Å². The Labute approximate surface area is 99.7 Å². The smallest absolute Gasteiger partial charge is 0.156 e. The molecule has 2 aromatic heterocycles. The third-order valence-electron chi connectivity index (χ3n) is 2.77. The summed E-state index contributed by atoms with van der Waals surface area (Å²) in [4.78, 5) is 4.48. The Morgan fingerprint density at radius 1 is 1.06 bits per heavy atom. The van der Waals surface area contributed by atoms with Crippen molar-refractivity contribution in [3.8, 4) is 0 Å². The van der Waals surface area contributed by atoms with Gasteiger partial charge in [-0.2, -0.15) is 5.10 Å². The van der Waals surface area contributed by atoms with Gasteiger partial charge in [0.25, 0.3) is 0 Å². The molecule has 2 heterocycles. The normalized spacial score (nSPS) is 10.9. The second-order valence-electron chi connectivity index (χ2n) is 4.19. The van der Waals surface area contributed by atoms with Gasteiger partial charge in [-0.05, 0) is 24.6 Å². The fourth-order valence-corrected chi connectivity index (χ4v) is 1.84. The van der Waals surface area contributed by atoms with Crippen LogP contribution in [0.5, 0.6) is 0 Å². The highest BCUT2D eigenvalue weighted by Gasteiger charge is 2.03. The van der Waals surface area contributed by atoms with Gasteiger partial charge in [-0.25, -0.2) is 9.50 Å². The standard InChI is InChI=1S/C14H13N3/c1-11-5-7-12(8-6-11)10-13-15-14-4-2-3-9-17(14)16-13/h2-9H,10H2,1H3. The van der Waals surface area contributed by atoms with Crippen molar-refractivity contribution in [2.24, 2.45) is 0 Å². The summed E-state index contributed by atoms with van der Waals surface area (Å²) in [5, 5.41) is 4.44. The van der Waals surface area contributed by atoms with Gasteiger partial charge >= 0.3 is 0 Å². The number of nitrogens with zero attached hydrogens (tertiary/aromatic N) is 3. The number of aryl methyl sites for hydroxylation is 1. The maximum atomic E-state index is 4.48. The molecule has 0 unspecified atom stereocenters. The lowest BCUT2D eigenvalue weighted by atomic mass is 10.1. The molecule has 0 radical (unpaired) electrons. The van der Waals surface area contributed by atoms with E-state index in [1.807, 2.05) is 28.9 Å². The number of hydrogen-bond acceptors (Lipinski definition) is 2. The Morgan fingerprint density at radius 2 is 1.88 bits per heavy atom. The minimum atomic E-state index is 0.780. The molecular formula is C14H13N3. The molecule has 3 rings (SSSR count). The number of benzene rings is 1. The van der Waals surface area contributed by atoms with E-state index in [1.54, 1.807) is 0 Å². The van der Waals surface area contributed by atoms with Crippen LogP contribution in [0, 0.1) is 6.92 Å². The molecule has 0 N–H and O–H groups in total. The molecule has 0 aliphatic heterocycles. The van der Waals surface area contributed by atoms with Crippen LogP contribution in [0.3, 0.4) is 0 Å². The number of fused-ring (bicyclic) bond motifs is 1. The zero-order valence-electron chi connectivity index (χ0n) is 9.67. The van der Waals surface area contributed by atoms with Crippen molar-refractivity contribution < 1.29 is 0 Å². The van der Waals surface area contributed by atoms with Crippen LogP contribution in [0.25, 0.3) is 5.65 Å². The van der Waals surface area contributed by atoms with Crippen LogP contribution in [0.1, 0.15) is 17.0 Å². The Hall–Kier alpha value is -2.16. The van der Waals surface area contributed by atoms with Crippen molar-refractivity contribution in [1.82, 2.24) is 14.6 Å². The van der Waals surface area contributed by atoms with Crippen LogP contribution in [0.15, 0.2) is 48.7 Å². The number of aromatic nitrogens is 3. The van der Waals surface area contributed by atoms with E-state index in [9.17, 15) is 0 Å². The molecule has 3 heteroatoms. The van der Waals surface area contributed by atoms with E-state index in [1.165, 1.54) is 11.1 Å². The molecule has 0 atom stereocenters.